The third kappa shape index (κ3) is 6.23. The predicted octanol–water partition coefficient (Wildman–Crippen LogP) is 5.62. The van der Waals surface area contributed by atoms with Gasteiger partial charge in [0, 0.05) is 19.7 Å². The number of nitrogens with zero attached hydrogens (tertiary/aromatic N) is 1. The van der Waals surface area contributed by atoms with Gasteiger partial charge in [-0.2, -0.15) is 0 Å². The number of carbonyl (C=O) groups excluding carboxylic acids is 3. The number of imide groups is 1. The van der Waals surface area contributed by atoms with Crippen LogP contribution in [0.5, 0.6) is 11.5 Å². The zero-order valence-corrected chi connectivity index (χ0v) is 21.5. The van der Waals surface area contributed by atoms with E-state index < -0.39 is 5.25 Å². The van der Waals surface area contributed by atoms with E-state index in [-0.39, 0.29) is 17.1 Å². The standard InChI is InChI=1S/C29H28N2O4S/c1-18-13-19(2)15-21(14-18)16-25(28(33)31(3)4)22-7-11-24(12-8-22)35-23-9-5-20(6-10-23)17-26-27(32)30-29(34)36-26/h5-16,26H,17H2,1-4H3,(H,30,32,34)/b25-16+. The molecule has 3 aromatic carbocycles. The van der Waals surface area contributed by atoms with Crippen LogP contribution in [0.25, 0.3) is 11.6 Å². The van der Waals surface area contributed by atoms with Gasteiger partial charge in [-0.05, 0) is 67.3 Å². The van der Waals surface area contributed by atoms with E-state index in [9.17, 15) is 14.4 Å². The Hall–Kier alpha value is -3.84. The van der Waals surface area contributed by atoms with Crippen LogP contribution >= 0.6 is 11.8 Å². The Morgan fingerprint density at radius 3 is 2.06 bits per heavy atom. The monoisotopic (exact) mass is 500 g/mol. The Morgan fingerprint density at radius 1 is 0.944 bits per heavy atom. The summed E-state index contributed by atoms with van der Waals surface area (Å²) in [7, 11) is 3.49. The minimum absolute atomic E-state index is 0.0748. The number of hydrogen-bond donors (Lipinski definition) is 1. The highest BCUT2D eigenvalue weighted by Crippen LogP contribution is 2.28. The molecule has 1 fully saturated rings. The Bertz CT molecular complexity index is 1310. The van der Waals surface area contributed by atoms with Gasteiger partial charge in [0.2, 0.25) is 5.91 Å². The third-order valence-corrected chi connectivity index (χ3v) is 6.69. The molecule has 1 atom stereocenters. The highest BCUT2D eigenvalue weighted by molar-refractivity contribution is 8.15. The van der Waals surface area contributed by atoms with E-state index in [4.69, 9.17) is 4.74 Å². The fourth-order valence-corrected chi connectivity index (χ4v) is 4.90. The Morgan fingerprint density at radius 2 is 1.53 bits per heavy atom. The van der Waals surface area contributed by atoms with Crippen LogP contribution in [0.15, 0.2) is 66.7 Å². The van der Waals surface area contributed by atoms with Crippen LogP contribution < -0.4 is 10.1 Å². The van der Waals surface area contributed by atoms with Crippen molar-refractivity contribution in [3.8, 4) is 11.5 Å². The molecule has 3 amide bonds. The molecule has 0 aromatic heterocycles. The first-order valence-corrected chi connectivity index (χ1v) is 12.5. The third-order valence-electron chi connectivity index (χ3n) is 5.70. The van der Waals surface area contributed by atoms with E-state index >= 15 is 0 Å². The second-order valence-electron chi connectivity index (χ2n) is 9.04. The largest absolute Gasteiger partial charge is 0.457 e. The second-order valence-corrected chi connectivity index (χ2v) is 10.2. The van der Waals surface area contributed by atoms with Crippen molar-refractivity contribution in [2.75, 3.05) is 14.1 Å². The average molecular weight is 501 g/mol. The van der Waals surface area contributed by atoms with E-state index in [2.05, 4.69) is 23.5 Å². The molecule has 0 radical (unpaired) electrons. The van der Waals surface area contributed by atoms with E-state index in [1.807, 2.05) is 68.5 Å². The molecule has 1 saturated heterocycles. The van der Waals surface area contributed by atoms with Gasteiger partial charge >= 0.3 is 0 Å². The second kappa shape index (κ2) is 10.8. The molecule has 0 spiro atoms. The molecular formula is C29H28N2O4S. The van der Waals surface area contributed by atoms with Crippen LogP contribution in [-0.2, 0) is 16.0 Å². The number of rotatable bonds is 7. The number of aryl methyl sites for hydroxylation is 2. The molecule has 1 aliphatic rings. The van der Waals surface area contributed by atoms with E-state index in [1.165, 1.54) is 0 Å². The van der Waals surface area contributed by atoms with Gasteiger partial charge < -0.3 is 9.64 Å². The summed E-state index contributed by atoms with van der Waals surface area (Å²) in [6.07, 6.45) is 2.40. The van der Waals surface area contributed by atoms with Crippen LogP contribution in [-0.4, -0.2) is 41.3 Å². The van der Waals surface area contributed by atoms with Crippen molar-refractivity contribution in [2.24, 2.45) is 0 Å². The maximum absolute atomic E-state index is 13.0. The summed E-state index contributed by atoms with van der Waals surface area (Å²) in [4.78, 5) is 37.7. The first-order valence-electron chi connectivity index (χ1n) is 11.6. The first-order chi connectivity index (χ1) is 17.2. The molecule has 36 heavy (non-hydrogen) atoms. The van der Waals surface area contributed by atoms with E-state index in [0.717, 1.165) is 39.6 Å². The predicted molar refractivity (Wildman–Crippen MR) is 144 cm³/mol. The van der Waals surface area contributed by atoms with Gasteiger partial charge in [-0.25, -0.2) is 0 Å². The van der Waals surface area contributed by atoms with Crippen LogP contribution in [0.2, 0.25) is 0 Å². The number of benzene rings is 3. The van der Waals surface area contributed by atoms with Gasteiger partial charge in [0.1, 0.15) is 11.5 Å². The molecule has 0 aliphatic carbocycles. The summed E-state index contributed by atoms with van der Waals surface area (Å²) in [6, 6.07) is 21.1. The fraction of sp³-hybridized carbons (Fsp3) is 0.207. The van der Waals surface area contributed by atoms with Crippen LogP contribution in [0.3, 0.4) is 0 Å². The molecule has 4 rings (SSSR count). The van der Waals surface area contributed by atoms with Crippen LogP contribution in [0.4, 0.5) is 4.79 Å². The van der Waals surface area contributed by atoms with Crippen molar-refractivity contribution < 1.29 is 19.1 Å². The van der Waals surface area contributed by atoms with Crippen molar-refractivity contribution >= 4 is 40.5 Å². The molecule has 1 aliphatic heterocycles. The summed E-state index contributed by atoms with van der Waals surface area (Å²) in [5, 5.41) is 1.61. The summed E-state index contributed by atoms with van der Waals surface area (Å²) >= 11 is 1.02. The van der Waals surface area contributed by atoms with E-state index in [1.54, 1.807) is 19.0 Å². The van der Waals surface area contributed by atoms with Crippen molar-refractivity contribution in [3.63, 3.8) is 0 Å². The van der Waals surface area contributed by atoms with Gasteiger partial charge in [-0.15, -0.1) is 0 Å². The first kappa shape index (κ1) is 25.3. The van der Waals surface area contributed by atoms with Crippen molar-refractivity contribution in [2.45, 2.75) is 25.5 Å². The van der Waals surface area contributed by atoms with Crippen LogP contribution in [0.1, 0.15) is 27.8 Å². The van der Waals surface area contributed by atoms with Gasteiger partial charge in [0.05, 0.1) is 5.25 Å². The topological polar surface area (TPSA) is 75.7 Å². The molecule has 0 saturated carbocycles. The number of carbonyl (C=O) groups is 3. The number of amides is 3. The fourth-order valence-electron chi connectivity index (χ4n) is 4.04. The Balaban J connectivity index is 1.49. The molecule has 6 nitrogen and oxygen atoms in total. The number of hydrogen-bond acceptors (Lipinski definition) is 5. The highest BCUT2D eigenvalue weighted by atomic mass is 32.2. The number of ether oxygens (including phenoxy) is 1. The van der Waals surface area contributed by atoms with Gasteiger partial charge in [-0.1, -0.05) is 65.4 Å². The minimum atomic E-state index is -0.396. The smallest absolute Gasteiger partial charge is 0.286 e. The lowest BCUT2D eigenvalue weighted by atomic mass is 9.99. The quantitative estimate of drug-likeness (QED) is 0.337. The zero-order chi connectivity index (χ0) is 25.8. The van der Waals surface area contributed by atoms with Gasteiger partial charge in [0.15, 0.2) is 0 Å². The maximum Gasteiger partial charge on any atom is 0.286 e. The average Bonchev–Trinajstić information content (AvgIpc) is 3.14. The Kier molecular flexibility index (Phi) is 7.60. The zero-order valence-electron chi connectivity index (χ0n) is 20.7. The molecule has 1 heterocycles. The summed E-state index contributed by atoms with van der Waals surface area (Å²) < 4.78 is 5.98. The number of thioether (sulfide) groups is 1. The highest BCUT2D eigenvalue weighted by Gasteiger charge is 2.31. The molecule has 7 heteroatoms. The summed E-state index contributed by atoms with van der Waals surface area (Å²) in [5.74, 6) is 0.977. The summed E-state index contributed by atoms with van der Waals surface area (Å²) in [6.45, 7) is 4.09. The summed E-state index contributed by atoms with van der Waals surface area (Å²) in [5.41, 5.74) is 5.63. The van der Waals surface area contributed by atoms with Crippen LogP contribution in [0, 0.1) is 13.8 Å². The van der Waals surface area contributed by atoms with Crippen molar-refractivity contribution in [1.82, 2.24) is 10.2 Å². The molecule has 3 aromatic rings. The van der Waals surface area contributed by atoms with Gasteiger partial charge in [-0.3, -0.25) is 19.7 Å². The maximum atomic E-state index is 13.0. The molecule has 1 unspecified atom stereocenters. The number of likely N-dealkylation sites (N-methyl/N-ethyl adjacent to an activating group) is 1. The normalized spacial score (nSPS) is 15.6. The molecule has 184 valence electrons. The van der Waals surface area contributed by atoms with Crippen molar-refractivity contribution in [1.29, 1.82) is 0 Å². The lowest BCUT2D eigenvalue weighted by molar-refractivity contribution is -0.122. The number of nitrogens with one attached hydrogen (secondary N) is 1. The van der Waals surface area contributed by atoms with Gasteiger partial charge in [0.25, 0.3) is 11.1 Å². The lowest BCUT2D eigenvalue weighted by Crippen LogP contribution is -2.25. The molecule has 1 N–H and O–H groups in total. The SMILES string of the molecule is Cc1cc(C)cc(/C=C(/C(=O)N(C)C)c2ccc(Oc3ccc(CC4SC(=O)NC4=O)cc3)cc2)c1. The Labute approximate surface area is 215 Å². The molecular weight excluding hydrogens is 472 g/mol. The molecule has 0 bridgehead atoms. The van der Waals surface area contributed by atoms with E-state index in [0.29, 0.717) is 23.5 Å². The van der Waals surface area contributed by atoms with Crippen molar-refractivity contribution in [3.05, 3.63) is 94.5 Å². The lowest BCUT2D eigenvalue weighted by Gasteiger charge is -2.15. The minimum Gasteiger partial charge on any atom is -0.457 e.